The van der Waals surface area contributed by atoms with Crippen LogP contribution in [0.4, 0.5) is 10.7 Å². The van der Waals surface area contributed by atoms with Gasteiger partial charge in [-0.05, 0) is 43.2 Å². The van der Waals surface area contributed by atoms with Gasteiger partial charge in [-0.15, -0.1) is 11.3 Å². The molecule has 1 N–H and O–H groups in total. The standard InChI is InChI=1S/C20H17N3O2S/c24-19(22-14-7-8-14)17-9-10-18(26-17)23-12-13-4-1-2-6-16(13)25-20-15(23)5-3-11-21-20/h1-6,9-11,14H,7-8,12H2,(H,22,24). The molecule has 1 aliphatic heterocycles. The Kier molecular flexibility index (Phi) is 3.64. The van der Waals surface area contributed by atoms with Gasteiger partial charge in [0.1, 0.15) is 11.4 Å². The minimum atomic E-state index is 0.0154. The van der Waals surface area contributed by atoms with Crippen LogP contribution in [0.2, 0.25) is 0 Å². The SMILES string of the molecule is O=C(NC1CC1)c1ccc(N2Cc3ccccc3Oc3ncccc32)s1. The molecule has 1 fully saturated rings. The number of amides is 1. The Hall–Kier alpha value is -2.86. The van der Waals surface area contributed by atoms with E-state index in [1.807, 2.05) is 42.5 Å². The van der Waals surface area contributed by atoms with E-state index in [9.17, 15) is 4.79 Å². The minimum Gasteiger partial charge on any atom is -0.437 e. The van der Waals surface area contributed by atoms with Gasteiger partial charge in [0.25, 0.3) is 5.91 Å². The molecule has 1 aliphatic carbocycles. The molecule has 0 radical (unpaired) electrons. The van der Waals surface area contributed by atoms with E-state index in [0.29, 0.717) is 18.5 Å². The van der Waals surface area contributed by atoms with Crippen LogP contribution < -0.4 is 15.0 Å². The summed E-state index contributed by atoms with van der Waals surface area (Å²) < 4.78 is 6.04. The Morgan fingerprint density at radius 3 is 2.92 bits per heavy atom. The number of rotatable bonds is 3. The molecule has 3 aromatic rings. The number of fused-ring (bicyclic) bond motifs is 2. The maximum atomic E-state index is 12.3. The summed E-state index contributed by atoms with van der Waals surface area (Å²) in [5, 5.41) is 4.05. The Bertz CT molecular complexity index is 980. The van der Waals surface area contributed by atoms with Gasteiger partial charge in [0.2, 0.25) is 5.88 Å². The first kappa shape index (κ1) is 15.4. The van der Waals surface area contributed by atoms with Crippen LogP contribution in [-0.2, 0) is 6.54 Å². The van der Waals surface area contributed by atoms with E-state index >= 15 is 0 Å². The second kappa shape index (κ2) is 6.14. The predicted molar refractivity (Wildman–Crippen MR) is 101 cm³/mol. The third-order valence-electron chi connectivity index (χ3n) is 4.54. The predicted octanol–water partition coefficient (Wildman–Crippen LogP) is 4.48. The number of anilines is 2. The van der Waals surface area contributed by atoms with E-state index in [0.717, 1.165) is 39.7 Å². The van der Waals surface area contributed by atoms with Gasteiger partial charge in [-0.3, -0.25) is 4.79 Å². The zero-order chi connectivity index (χ0) is 17.5. The van der Waals surface area contributed by atoms with Crippen molar-refractivity contribution in [2.45, 2.75) is 25.4 Å². The number of hydrogen-bond acceptors (Lipinski definition) is 5. The molecule has 0 unspecified atom stereocenters. The fourth-order valence-corrected chi connectivity index (χ4v) is 3.96. The van der Waals surface area contributed by atoms with Crippen LogP contribution in [0.3, 0.4) is 0 Å². The first-order chi connectivity index (χ1) is 12.8. The van der Waals surface area contributed by atoms with Crippen LogP contribution in [0, 0.1) is 0 Å². The second-order valence-corrected chi connectivity index (χ2v) is 7.57. The number of aromatic nitrogens is 1. The first-order valence-corrected chi connectivity index (χ1v) is 9.48. The summed E-state index contributed by atoms with van der Waals surface area (Å²) in [4.78, 5) is 19.6. The second-order valence-electron chi connectivity index (χ2n) is 6.51. The van der Waals surface area contributed by atoms with E-state index < -0.39 is 0 Å². The van der Waals surface area contributed by atoms with Crippen molar-refractivity contribution in [3.8, 4) is 11.6 Å². The highest BCUT2D eigenvalue weighted by Gasteiger charge is 2.26. The van der Waals surface area contributed by atoms with Crippen LogP contribution in [0.5, 0.6) is 11.6 Å². The van der Waals surface area contributed by atoms with Crippen molar-refractivity contribution in [3.63, 3.8) is 0 Å². The lowest BCUT2D eigenvalue weighted by Crippen LogP contribution is -2.24. The molecule has 5 rings (SSSR count). The van der Waals surface area contributed by atoms with Gasteiger partial charge < -0.3 is 15.0 Å². The lowest BCUT2D eigenvalue weighted by Gasteiger charge is -2.21. The van der Waals surface area contributed by atoms with E-state index in [-0.39, 0.29) is 5.91 Å². The Labute approximate surface area is 155 Å². The molecule has 6 heteroatoms. The Balaban J connectivity index is 1.53. The topological polar surface area (TPSA) is 54.5 Å². The van der Waals surface area contributed by atoms with Gasteiger partial charge in [0, 0.05) is 17.8 Å². The fourth-order valence-electron chi connectivity index (χ4n) is 3.04. The molecule has 0 spiro atoms. The number of carbonyl (C=O) groups is 1. The van der Waals surface area contributed by atoms with Crippen LogP contribution in [0.1, 0.15) is 28.1 Å². The van der Waals surface area contributed by atoms with Crippen LogP contribution >= 0.6 is 11.3 Å². The highest BCUT2D eigenvalue weighted by Crippen LogP contribution is 2.43. The molecule has 1 aromatic carbocycles. The minimum absolute atomic E-state index is 0.0154. The average Bonchev–Trinajstić information content (AvgIpc) is 3.37. The van der Waals surface area contributed by atoms with E-state index in [1.165, 1.54) is 11.3 Å². The van der Waals surface area contributed by atoms with Gasteiger partial charge >= 0.3 is 0 Å². The molecular weight excluding hydrogens is 346 g/mol. The zero-order valence-electron chi connectivity index (χ0n) is 14.0. The summed E-state index contributed by atoms with van der Waals surface area (Å²) in [5.74, 6) is 1.41. The molecule has 2 aromatic heterocycles. The van der Waals surface area contributed by atoms with Gasteiger partial charge in [-0.2, -0.15) is 0 Å². The molecule has 0 saturated heterocycles. The number of nitrogens with one attached hydrogen (secondary N) is 1. The number of thiophene rings is 1. The normalized spacial score (nSPS) is 15.5. The Morgan fingerprint density at radius 2 is 2.04 bits per heavy atom. The molecule has 5 nitrogen and oxygen atoms in total. The maximum absolute atomic E-state index is 12.3. The van der Waals surface area contributed by atoms with Crippen molar-refractivity contribution in [1.82, 2.24) is 10.3 Å². The van der Waals surface area contributed by atoms with Crippen molar-refractivity contribution < 1.29 is 9.53 Å². The molecule has 0 atom stereocenters. The van der Waals surface area contributed by atoms with Crippen molar-refractivity contribution >= 4 is 27.9 Å². The van der Waals surface area contributed by atoms with E-state index in [1.54, 1.807) is 6.20 Å². The monoisotopic (exact) mass is 363 g/mol. The molecule has 0 bridgehead atoms. The molecule has 130 valence electrons. The summed E-state index contributed by atoms with van der Waals surface area (Å²) in [6.07, 6.45) is 3.90. The van der Waals surface area contributed by atoms with E-state index in [4.69, 9.17) is 4.74 Å². The molecule has 26 heavy (non-hydrogen) atoms. The van der Waals surface area contributed by atoms with Crippen LogP contribution in [0.25, 0.3) is 0 Å². The highest BCUT2D eigenvalue weighted by molar-refractivity contribution is 7.18. The number of benzene rings is 1. The van der Waals surface area contributed by atoms with Crippen molar-refractivity contribution in [1.29, 1.82) is 0 Å². The zero-order valence-corrected chi connectivity index (χ0v) is 14.8. The van der Waals surface area contributed by atoms with Gasteiger partial charge in [0.15, 0.2) is 0 Å². The molecule has 2 aliphatic rings. The quantitative estimate of drug-likeness (QED) is 0.745. The van der Waals surface area contributed by atoms with Crippen LogP contribution in [0.15, 0.2) is 54.7 Å². The molecule has 1 amide bonds. The Morgan fingerprint density at radius 1 is 1.15 bits per heavy atom. The molecule has 1 saturated carbocycles. The summed E-state index contributed by atoms with van der Waals surface area (Å²) in [6, 6.07) is 16.1. The average molecular weight is 363 g/mol. The van der Waals surface area contributed by atoms with Crippen molar-refractivity contribution in [2.24, 2.45) is 0 Å². The summed E-state index contributed by atoms with van der Waals surface area (Å²) >= 11 is 1.50. The van der Waals surface area contributed by atoms with E-state index in [2.05, 4.69) is 21.3 Å². The third kappa shape index (κ3) is 2.82. The molecule has 3 heterocycles. The number of ether oxygens (including phenoxy) is 1. The summed E-state index contributed by atoms with van der Waals surface area (Å²) in [7, 11) is 0. The van der Waals surface area contributed by atoms with Crippen LogP contribution in [-0.4, -0.2) is 16.9 Å². The number of pyridine rings is 1. The smallest absolute Gasteiger partial charge is 0.261 e. The number of hydrogen-bond donors (Lipinski definition) is 1. The van der Waals surface area contributed by atoms with Crippen molar-refractivity contribution in [3.05, 3.63) is 65.2 Å². The largest absolute Gasteiger partial charge is 0.437 e. The fraction of sp³-hybridized carbons (Fsp3) is 0.200. The molecular formula is C20H17N3O2S. The van der Waals surface area contributed by atoms with Gasteiger partial charge in [0.05, 0.1) is 16.4 Å². The number of para-hydroxylation sites is 1. The number of nitrogens with zero attached hydrogens (tertiary/aromatic N) is 2. The lowest BCUT2D eigenvalue weighted by molar-refractivity contribution is 0.0955. The van der Waals surface area contributed by atoms with Gasteiger partial charge in [-0.1, -0.05) is 18.2 Å². The first-order valence-electron chi connectivity index (χ1n) is 8.67. The summed E-state index contributed by atoms with van der Waals surface area (Å²) in [5.41, 5.74) is 1.99. The summed E-state index contributed by atoms with van der Waals surface area (Å²) in [6.45, 7) is 0.666. The third-order valence-corrected chi connectivity index (χ3v) is 5.65. The van der Waals surface area contributed by atoms with Crippen molar-refractivity contribution in [2.75, 3.05) is 4.90 Å². The lowest BCUT2D eigenvalue weighted by atomic mass is 10.2. The number of carbonyl (C=O) groups excluding carboxylic acids is 1. The highest BCUT2D eigenvalue weighted by atomic mass is 32.1. The van der Waals surface area contributed by atoms with Gasteiger partial charge in [-0.25, -0.2) is 4.98 Å². The maximum Gasteiger partial charge on any atom is 0.261 e.